The second-order valence-electron chi connectivity index (χ2n) is 4.17. The van der Waals surface area contributed by atoms with Crippen molar-refractivity contribution in [2.24, 2.45) is 17.8 Å². The van der Waals surface area contributed by atoms with Crippen molar-refractivity contribution >= 4 is 5.78 Å². The summed E-state index contributed by atoms with van der Waals surface area (Å²) in [7, 11) is 0. The normalized spacial score (nSPS) is 34.2. The molecule has 2 aliphatic rings. The Hall–Kier alpha value is -1.09. The first-order chi connectivity index (χ1) is 6.77. The Kier molecular flexibility index (Phi) is 1.59. The van der Waals surface area contributed by atoms with Gasteiger partial charge in [0.25, 0.3) is 0 Å². The molecule has 74 valence electrons. The van der Waals surface area contributed by atoms with Crippen LogP contribution >= 0.6 is 0 Å². The Balaban J connectivity index is 1.78. The monoisotopic (exact) mass is 192 g/mol. The van der Waals surface area contributed by atoms with E-state index in [2.05, 4.69) is 0 Å². The van der Waals surface area contributed by atoms with E-state index >= 15 is 0 Å². The zero-order valence-corrected chi connectivity index (χ0v) is 8.03. The van der Waals surface area contributed by atoms with Gasteiger partial charge in [-0.2, -0.15) is 0 Å². The van der Waals surface area contributed by atoms with Crippen LogP contribution in [0.4, 0.5) is 0 Å². The van der Waals surface area contributed by atoms with Crippen LogP contribution in [0.1, 0.15) is 16.3 Å². The second-order valence-corrected chi connectivity index (χ2v) is 4.17. The number of Topliss-reactive ketones (excluding diaryl/α,β-unsaturated/α-hetero) is 1. The summed E-state index contributed by atoms with van der Waals surface area (Å²) in [5.74, 6) is 2.59. The summed E-state index contributed by atoms with van der Waals surface area (Å²) < 4.78 is 10.6. The van der Waals surface area contributed by atoms with Crippen LogP contribution in [0.15, 0.2) is 16.5 Å². The van der Waals surface area contributed by atoms with Gasteiger partial charge in [0.05, 0.1) is 13.2 Å². The molecule has 1 aromatic rings. The lowest BCUT2D eigenvalue weighted by molar-refractivity contribution is 0.0865. The maximum absolute atomic E-state index is 11.9. The molecule has 1 aliphatic carbocycles. The van der Waals surface area contributed by atoms with Crippen molar-refractivity contribution in [1.29, 1.82) is 0 Å². The first-order valence-electron chi connectivity index (χ1n) is 4.96. The molecular formula is C11H12O3. The number of carbonyl (C=O) groups excluding carboxylic acids is 1. The molecule has 2 fully saturated rings. The van der Waals surface area contributed by atoms with Crippen molar-refractivity contribution in [1.82, 2.24) is 0 Å². The molecule has 3 rings (SSSR count). The van der Waals surface area contributed by atoms with Gasteiger partial charge in [-0.05, 0) is 30.9 Å². The molecular weight excluding hydrogens is 180 g/mol. The zero-order chi connectivity index (χ0) is 9.71. The second kappa shape index (κ2) is 2.70. The minimum atomic E-state index is 0.163. The Labute approximate surface area is 82.0 Å². The number of hydrogen-bond acceptors (Lipinski definition) is 3. The Morgan fingerprint density at radius 2 is 2.07 bits per heavy atom. The summed E-state index contributed by atoms with van der Waals surface area (Å²) in [6.45, 7) is 3.36. The van der Waals surface area contributed by atoms with Crippen molar-refractivity contribution in [2.75, 3.05) is 13.2 Å². The highest BCUT2D eigenvalue weighted by Crippen LogP contribution is 2.52. The summed E-state index contributed by atoms with van der Waals surface area (Å²) in [5.41, 5.74) is 0. The van der Waals surface area contributed by atoms with E-state index in [-0.39, 0.29) is 11.7 Å². The summed E-state index contributed by atoms with van der Waals surface area (Å²) in [6.07, 6.45) is 0. The van der Waals surface area contributed by atoms with Gasteiger partial charge in [0.15, 0.2) is 5.76 Å². The van der Waals surface area contributed by atoms with E-state index in [1.807, 2.05) is 13.0 Å². The first kappa shape index (κ1) is 8.24. The van der Waals surface area contributed by atoms with Gasteiger partial charge in [-0.15, -0.1) is 0 Å². The number of ether oxygens (including phenoxy) is 1. The standard InChI is InChI=1S/C11H12O3/c1-6-2-3-9(14-6)11(12)10-7-4-13-5-8(7)10/h2-3,7-8,10H,4-5H2,1H3. The van der Waals surface area contributed by atoms with Gasteiger partial charge in [-0.25, -0.2) is 0 Å². The molecule has 0 N–H and O–H groups in total. The van der Waals surface area contributed by atoms with E-state index < -0.39 is 0 Å². The Morgan fingerprint density at radius 1 is 1.36 bits per heavy atom. The van der Waals surface area contributed by atoms with Crippen LogP contribution in [0.25, 0.3) is 0 Å². The molecule has 14 heavy (non-hydrogen) atoms. The topological polar surface area (TPSA) is 39.4 Å². The van der Waals surface area contributed by atoms with Crippen LogP contribution < -0.4 is 0 Å². The zero-order valence-electron chi connectivity index (χ0n) is 8.03. The SMILES string of the molecule is Cc1ccc(C(=O)C2C3COCC32)o1. The van der Waals surface area contributed by atoms with E-state index in [4.69, 9.17) is 9.15 Å². The first-order valence-corrected chi connectivity index (χ1v) is 4.96. The van der Waals surface area contributed by atoms with E-state index in [1.165, 1.54) is 0 Å². The van der Waals surface area contributed by atoms with Gasteiger partial charge in [0, 0.05) is 5.92 Å². The molecule has 0 aromatic carbocycles. The molecule has 0 radical (unpaired) electrons. The maximum Gasteiger partial charge on any atom is 0.201 e. The minimum absolute atomic E-state index is 0.163. The Bertz CT molecular complexity index is 370. The number of aryl methyl sites for hydroxylation is 1. The quantitative estimate of drug-likeness (QED) is 0.669. The lowest BCUT2D eigenvalue weighted by Gasteiger charge is -2.00. The molecule has 1 aromatic heterocycles. The van der Waals surface area contributed by atoms with E-state index in [1.54, 1.807) is 6.07 Å². The van der Waals surface area contributed by atoms with Crippen molar-refractivity contribution in [3.63, 3.8) is 0 Å². The Morgan fingerprint density at radius 3 is 2.64 bits per heavy atom. The minimum Gasteiger partial charge on any atom is -0.458 e. The number of carbonyl (C=O) groups is 1. The summed E-state index contributed by atoms with van der Waals surface area (Å²) >= 11 is 0. The van der Waals surface area contributed by atoms with Crippen LogP contribution in [-0.4, -0.2) is 19.0 Å². The largest absolute Gasteiger partial charge is 0.458 e. The highest BCUT2D eigenvalue weighted by Gasteiger charge is 2.58. The lowest BCUT2D eigenvalue weighted by Crippen LogP contribution is -2.08. The van der Waals surface area contributed by atoms with Crippen LogP contribution in [0, 0.1) is 24.7 Å². The highest BCUT2D eigenvalue weighted by molar-refractivity contribution is 5.97. The average molecular weight is 192 g/mol. The third-order valence-corrected chi connectivity index (χ3v) is 3.24. The van der Waals surface area contributed by atoms with Gasteiger partial charge < -0.3 is 9.15 Å². The van der Waals surface area contributed by atoms with Crippen molar-refractivity contribution in [3.05, 3.63) is 23.7 Å². The number of ketones is 1. The summed E-state index contributed by atoms with van der Waals surface area (Å²) in [5, 5.41) is 0. The third kappa shape index (κ3) is 1.05. The molecule has 0 bridgehead atoms. The molecule has 1 saturated heterocycles. The highest BCUT2D eigenvalue weighted by atomic mass is 16.5. The van der Waals surface area contributed by atoms with Gasteiger partial charge >= 0.3 is 0 Å². The molecule has 1 saturated carbocycles. The number of furan rings is 1. The van der Waals surface area contributed by atoms with Crippen LogP contribution in [0.5, 0.6) is 0 Å². The smallest absolute Gasteiger partial charge is 0.201 e. The van der Waals surface area contributed by atoms with Gasteiger partial charge in [-0.3, -0.25) is 4.79 Å². The van der Waals surface area contributed by atoms with E-state index in [0.717, 1.165) is 19.0 Å². The lowest BCUT2D eigenvalue weighted by atomic mass is 10.1. The summed E-state index contributed by atoms with van der Waals surface area (Å²) in [4.78, 5) is 11.9. The molecule has 0 amide bonds. The molecule has 3 nitrogen and oxygen atoms in total. The number of fused-ring (bicyclic) bond motifs is 1. The van der Waals surface area contributed by atoms with Crippen molar-refractivity contribution in [3.8, 4) is 0 Å². The predicted molar refractivity (Wildman–Crippen MR) is 49.1 cm³/mol. The van der Waals surface area contributed by atoms with Crippen LogP contribution in [-0.2, 0) is 4.74 Å². The van der Waals surface area contributed by atoms with Gasteiger partial charge in [0.1, 0.15) is 5.76 Å². The van der Waals surface area contributed by atoms with Crippen molar-refractivity contribution < 1.29 is 13.9 Å². The molecule has 2 heterocycles. The average Bonchev–Trinajstić information content (AvgIpc) is 2.56. The van der Waals surface area contributed by atoms with Crippen LogP contribution in [0.3, 0.4) is 0 Å². The number of hydrogen-bond donors (Lipinski definition) is 0. The summed E-state index contributed by atoms with van der Waals surface area (Å²) in [6, 6.07) is 3.61. The fourth-order valence-electron chi connectivity index (χ4n) is 2.36. The van der Waals surface area contributed by atoms with Gasteiger partial charge in [0.2, 0.25) is 5.78 Å². The molecule has 0 spiro atoms. The van der Waals surface area contributed by atoms with Crippen LogP contribution in [0.2, 0.25) is 0 Å². The predicted octanol–water partition coefficient (Wildman–Crippen LogP) is 1.66. The molecule has 2 unspecified atom stereocenters. The number of rotatable bonds is 2. The van der Waals surface area contributed by atoms with Crippen molar-refractivity contribution in [2.45, 2.75) is 6.92 Å². The van der Waals surface area contributed by atoms with E-state index in [0.29, 0.717) is 17.6 Å². The molecule has 2 atom stereocenters. The maximum atomic E-state index is 11.9. The fraction of sp³-hybridized carbons (Fsp3) is 0.545. The molecule has 3 heteroatoms. The fourth-order valence-corrected chi connectivity index (χ4v) is 2.36. The van der Waals surface area contributed by atoms with Gasteiger partial charge in [-0.1, -0.05) is 0 Å². The third-order valence-electron chi connectivity index (χ3n) is 3.24. The van der Waals surface area contributed by atoms with E-state index in [9.17, 15) is 4.79 Å². The molecule has 1 aliphatic heterocycles.